The van der Waals surface area contributed by atoms with Gasteiger partial charge in [-0.2, -0.15) is 13.2 Å². The molecule has 1 unspecified atom stereocenters. The van der Waals surface area contributed by atoms with Crippen LogP contribution in [0, 0.1) is 0 Å². The molecular formula is C19H19F3N2O3. The number of carbonyl (C=O) groups excluding carboxylic acids is 1. The van der Waals surface area contributed by atoms with Crippen LogP contribution in [0.1, 0.15) is 11.3 Å². The summed E-state index contributed by atoms with van der Waals surface area (Å²) in [6, 6.07) is 10.5. The van der Waals surface area contributed by atoms with Crippen LogP contribution in [-0.4, -0.2) is 48.8 Å². The number of likely N-dealkylation sites (N-methyl/N-ethyl adjacent to an activating group) is 1. The lowest BCUT2D eigenvalue weighted by atomic mass is 9.83. The van der Waals surface area contributed by atoms with Crippen LogP contribution < -0.4 is 4.74 Å². The van der Waals surface area contributed by atoms with E-state index in [0.29, 0.717) is 22.7 Å². The van der Waals surface area contributed by atoms with Gasteiger partial charge in [0, 0.05) is 18.5 Å². The molecule has 1 aromatic carbocycles. The van der Waals surface area contributed by atoms with E-state index in [1.54, 1.807) is 31.4 Å². The Morgan fingerprint density at radius 1 is 1.15 bits per heavy atom. The fraction of sp³-hybridized carbons (Fsp3) is 0.368. The van der Waals surface area contributed by atoms with Gasteiger partial charge in [0.2, 0.25) is 5.54 Å². The number of nitrogens with zero attached hydrogens (tertiary/aromatic N) is 2. The maximum Gasteiger partial charge on any atom is 0.417 e. The molecule has 144 valence electrons. The van der Waals surface area contributed by atoms with E-state index in [1.807, 2.05) is 12.1 Å². The molecule has 5 nitrogen and oxygen atoms in total. The number of aromatic nitrogens is 1. The van der Waals surface area contributed by atoms with Gasteiger partial charge in [0.05, 0.1) is 25.6 Å². The number of hydrogen-bond donors (Lipinski definition) is 0. The zero-order valence-corrected chi connectivity index (χ0v) is 15.1. The lowest BCUT2D eigenvalue weighted by molar-refractivity contribution is -0.240. The Morgan fingerprint density at radius 3 is 2.37 bits per heavy atom. The van der Waals surface area contributed by atoms with Crippen molar-refractivity contribution in [3.8, 4) is 17.0 Å². The molecule has 2 aromatic rings. The first-order valence-corrected chi connectivity index (χ1v) is 8.22. The zero-order chi connectivity index (χ0) is 19.8. The summed E-state index contributed by atoms with van der Waals surface area (Å²) in [6.45, 7) is -0.117. The minimum absolute atomic E-state index is 0.117. The van der Waals surface area contributed by atoms with Gasteiger partial charge in [0.1, 0.15) is 5.75 Å². The molecule has 8 heteroatoms. The lowest BCUT2D eigenvalue weighted by Crippen LogP contribution is -2.66. The van der Waals surface area contributed by atoms with Crippen molar-refractivity contribution in [2.24, 2.45) is 0 Å². The van der Waals surface area contributed by atoms with Crippen LogP contribution in [0.2, 0.25) is 0 Å². The van der Waals surface area contributed by atoms with Gasteiger partial charge in [-0.25, -0.2) is 4.79 Å². The van der Waals surface area contributed by atoms with E-state index in [0.717, 1.165) is 17.6 Å². The van der Waals surface area contributed by atoms with Gasteiger partial charge in [0.15, 0.2) is 0 Å². The average Bonchev–Trinajstić information content (AvgIpc) is 2.65. The summed E-state index contributed by atoms with van der Waals surface area (Å²) in [7, 11) is 3.79. The Labute approximate surface area is 154 Å². The number of carbonyl (C=O) groups is 1. The first kappa shape index (κ1) is 19.2. The summed E-state index contributed by atoms with van der Waals surface area (Å²) in [4.78, 5) is 17.6. The Hall–Kier alpha value is -2.61. The quantitative estimate of drug-likeness (QED) is 0.766. The Bertz CT molecular complexity index is 852. The summed E-state index contributed by atoms with van der Waals surface area (Å²) >= 11 is 0. The van der Waals surface area contributed by atoms with Crippen molar-refractivity contribution in [1.82, 2.24) is 9.88 Å². The van der Waals surface area contributed by atoms with Crippen molar-refractivity contribution in [2.75, 3.05) is 21.3 Å². The van der Waals surface area contributed by atoms with Crippen LogP contribution in [0.4, 0.5) is 13.2 Å². The first-order chi connectivity index (χ1) is 12.7. The number of rotatable bonds is 3. The van der Waals surface area contributed by atoms with Crippen LogP contribution >= 0.6 is 0 Å². The fourth-order valence-corrected chi connectivity index (χ4v) is 3.35. The van der Waals surface area contributed by atoms with E-state index in [1.165, 1.54) is 7.05 Å². The maximum absolute atomic E-state index is 13.8. The normalized spacial score (nSPS) is 20.1. The number of hydrogen-bond acceptors (Lipinski definition) is 5. The molecule has 0 N–H and O–H groups in total. The smallest absolute Gasteiger partial charge is 0.417 e. The molecule has 0 saturated carbocycles. The van der Waals surface area contributed by atoms with Gasteiger partial charge < -0.3 is 9.47 Å². The van der Waals surface area contributed by atoms with Crippen molar-refractivity contribution in [3.05, 3.63) is 47.7 Å². The largest absolute Gasteiger partial charge is 0.497 e. The van der Waals surface area contributed by atoms with Crippen molar-refractivity contribution in [2.45, 2.75) is 24.7 Å². The average molecular weight is 380 g/mol. The number of ether oxygens (including phenoxy) is 2. The van der Waals surface area contributed by atoms with E-state index in [2.05, 4.69) is 9.72 Å². The van der Waals surface area contributed by atoms with Gasteiger partial charge >= 0.3 is 12.1 Å². The summed E-state index contributed by atoms with van der Waals surface area (Å²) in [6.07, 6.45) is -5.31. The monoisotopic (exact) mass is 380 g/mol. The third-order valence-corrected chi connectivity index (χ3v) is 4.93. The standard InChI is InChI=1S/C19H19F3N2O3/c1-24-11-16-13(10-18(24,17(25)27-3)19(20,21)22)6-9-15(23-16)12-4-7-14(26-2)8-5-12/h4-9H,10-11H2,1-3H3. The van der Waals surface area contributed by atoms with E-state index in [-0.39, 0.29) is 6.54 Å². The predicted octanol–water partition coefficient (Wildman–Crippen LogP) is 3.22. The molecule has 1 aliphatic heterocycles. The molecule has 0 saturated heterocycles. The summed E-state index contributed by atoms with van der Waals surface area (Å²) < 4.78 is 51.1. The van der Waals surface area contributed by atoms with Crippen LogP contribution in [0.15, 0.2) is 36.4 Å². The Balaban J connectivity index is 2.00. The van der Waals surface area contributed by atoms with Gasteiger partial charge in [-0.15, -0.1) is 0 Å². The van der Waals surface area contributed by atoms with Crippen molar-refractivity contribution in [3.63, 3.8) is 0 Å². The minimum atomic E-state index is -4.78. The topological polar surface area (TPSA) is 51.7 Å². The van der Waals surface area contributed by atoms with Gasteiger partial charge in [-0.1, -0.05) is 6.07 Å². The van der Waals surface area contributed by atoms with Crippen molar-refractivity contribution < 1.29 is 27.4 Å². The number of esters is 1. The third-order valence-electron chi connectivity index (χ3n) is 4.93. The SMILES string of the molecule is COC(=O)C1(C(F)(F)F)Cc2ccc(-c3ccc(OC)cc3)nc2CN1C. The van der Waals surface area contributed by atoms with Crippen LogP contribution in [0.5, 0.6) is 5.75 Å². The van der Waals surface area contributed by atoms with E-state index in [4.69, 9.17) is 4.74 Å². The van der Waals surface area contributed by atoms with E-state index < -0.39 is 24.1 Å². The van der Waals surface area contributed by atoms with Crippen LogP contribution in [0.25, 0.3) is 11.3 Å². The number of fused-ring (bicyclic) bond motifs is 1. The fourth-order valence-electron chi connectivity index (χ4n) is 3.35. The van der Waals surface area contributed by atoms with E-state index in [9.17, 15) is 18.0 Å². The van der Waals surface area contributed by atoms with Gasteiger partial charge in [-0.05, 0) is 42.9 Å². The molecule has 0 amide bonds. The molecule has 0 radical (unpaired) electrons. The molecule has 0 aliphatic carbocycles. The minimum Gasteiger partial charge on any atom is -0.497 e. The van der Waals surface area contributed by atoms with Crippen LogP contribution in [-0.2, 0) is 22.5 Å². The molecule has 0 spiro atoms. The number of pyridine rings is 1. The highest BCUT2D eigenvalue weighted by Crippen LogP contribution is 2.43. The second kappa shape index (κ2) is 6.84. The Morgan fingerprint density at radius 2 is 1.81 bits per heavy atom. The molecule has 2 heterocycles. The second-order valence-corrected chi connectivity index (χ2v) is 6.41. The highest BCUT2D eigenvalue weighted by molar-refractivity contribution is 5.83. The molecule has 0 bridgehead atoms. The van der Waals surface area contributed by atoms with Crippen LogP contribution in [0.3, 0.4) is 0 Å². The predicted molar refractivity (Wildman–Crippen MR) is 92.2 cm³/mol. The Kier molecular flexibility index (Phi) is 4.86. The lowest BCUT2D eigenvalue weighted by Gasteiger charge is -2.43. The molecule has 1 aliphatic rings. The molecule has 1 atom stereocenters. The number of methoxy groups -OCH3 is 2. The molecule has 27 heavy (non-hydrogen) atoms. The summed E-state index contributed by atoms with van der Waals surface area (Å²) in [5.41, 5.74) is -0.357. The number of alkyl halides is 3. The molecule has 1 aromatic heterocycles. The highest BCUT2D eigenvalue weighted by atomic mass is 19.4. The summed E-state index contributed by atoms with van der Waals surface area (Å²) in [5.74, 6) is -0.619. The van der Waals surface area contributed by atoms with Crippen molar-refractivity contribution >= 4 is 5.97 Å². The molecular weight excluding hydrogens is 361 g/mol. The molecule has 3 rings (SSSR count). The third kappa shape index (κ3) is 3.14. The first-order valence-electron chi connectivity index (χ1n) is 8.22. The maximum atomic E-state index is 13.8. The molecule has 0 fully saturated rings. The van der Waals surface area contributed by atoms with Crippen molar-refractivity contribution in [1.29, 1.82) is 0 Å². The zero-order valence-electron chi connectivity index (χ0n) is 15.1. The van der Waals surface area contributed by atoms with E-state index >= 15 is 0 Å². The summed E-state index contributed by atoms with van der Waals surface area (Å²) in [5, 5.41) is 0. The highest BCUT2D eigenvalue weighted by Gasteiger charge is 2.65. The number of benzene rings is 1. The number of halogens is 3. The second-order valence-electron chi connectivity index (χ2n) is 6.41. The van der Waals surface area contributed by atoms with Gasteiger partial charge in [0.25, 0.3) is 0 Å². The van der Waals surface area contributed by atoms with Gasteiger partial charge in [-0.3, -0.25) is 9.88 Å².